The monoisotopic (exact) mass is 325 g/mol. The first-order chi connectivity index (χ1) is 11.7. The zero-order chi connectivity index (χ0) is 16.9. The standard InChI is InChI=1S/C20H17F2NO/c21-19-10-9-14(13-24-16-6-2-1-3-7-16)11-18(19)17-8-4-5-15(12-23)20(17)22/h1-11H,12-13,23H2. The number of nitrogens with two attached hydrogens (primary N) is 1. The molecule has 3 aromatic rings. The maximum absolute atomic E-state index is 14.4. The maximum Gasteiger partial charge on any atom is 0.135 e. The van der Waals surface area contributed by atoms with Crippen LogP contribution in [0.25, 0.3) is 11.1 Å². The Labute approximate surface area is 139 Å². The Hall–Kier alpha value is -2.72. The summed E-state index contributed by atoms with van der Waals surface area (Å²) in [4.78, 5) is 0. The third-order valence-corrected chi connectivity index (χ3v) is 3.77. The largest absolute Gasteiger partial charge is 0.489 e. The highest BCUT2D eigenvalue weighted by Crippen LogP contribution is 2.28. The van der Waals surface area contributed by atoms with Gasteiger partial charge in [0.15, 0.2) is 0 Å². The van der Waals surface area contributed by atoms with Crippen molar-refractivity contribution in [1.82, 2.24) is 0 Å². The molecule has 24 heavy (non-hydrogen) atoms. The fourth-order valence-electron chi connectivity index (χ4n) is 2.50. The topological polar surface area (TPSA) is 35.2 Å². The molecular formula is C20H17F2NO. The molecule has 4 heteroatoms. The lowest BCUT2D eigenvalue weighted by atomic mass is 9.99. The predicted molar refractivity (Wildman–Crippen MR) is 90.5 cm³/mol. The van der Waals surface area contributed by atoms with Crippen LogP contribution in [0.3, 0.4) is 0 Å². The van der Waals surface area contributed by atoms with Crippen molar-refractivity contribution in [2.24, 2.45) is 5.73 Å². The van der Waals surface area contributed by atoms with Gasteiger partial charge in [-0.05, 0) is 29.8 Å². The van der Waals surface area contributed by atoms with Gasteiger partial charge in [0.05, 0.1) is 0 Å². The van der Waals surface area contributed by atoms with Gasteiger partial charge < -0.3 is 10.5 Å². The molecule has 0 aliphatic heterocycles. The number of para-hydroxylation sites is 1. The average molecular weight is 325 g/mol. The van der Waals surface area contributed by atoms with Gasteiger partial charge in [0, 0.05) is 23.2 Å². The first-order valence-corrected chi connectivity index (χ1v) is 7.63. The SMILES string of the molecule is NCc1cccc(-c2cc(COc3ccccc3)ccc2F)c1F. The Morgan fingerprint density at radius 1 is 0.833 bits per heavy atom. The molecule has 0 aliphatic rings. The van der Waals surface area contributed by atoms with Crippen LogP contribution < -0.4 is 10.5 Å². The van der Waals surface area contributed by atoms with E-state index in [1.807, 2.05) is 30.3 Å². The third-order valence-electron chi connectivity index (χ3n) is 3.77. The Balaban J connectivity index is 1.89. The van der Waals surface area contributed by atoms with E-state index >= 15 is 0 Å². The van der Waals surface area contributed by atoms with E-state index in [1.54, 1.807) is 30.3 Å². The molecule has 0 bridgehead atoms. The van der Waals surface area contributed by atoms with E-state index in [0.29, 0.717) is 5.56 Å². The molecule has 0 fully saturated rings. The maximum atomic E-state index is 14.4. The highest BCUT2D eigenvalue weighted by atomic mass is 19.1. The quantitative estimate of drug-likeness (QED) is 0.740. The fraction of sp³-hybridized carbons (Fsp3) is 0.100. The molecule has 3 rings (SSSR count). The molecule has 0 amide bonds. The van der Waals surface area contributed by atoms with Crippen LogP contribution in [0.5, 0.6) is 5.75 Å². The number of ether oxygens (including phenoxy) is 1. The molecule has 0 heterocycles. The summed E-state index contributed by atoms with van der Waals surface area (Å²) < 4.78 is 34.3. The van der Waals surface area contributed by atoms with Gasteiger partial charge in [0.1, 0.15) is 24.0 Å². The van der Waals surface area contributed by atoms with Crippen LogP contribution in [0.4, 0.5) is 8.78 Å². The van der Waals surface area contributed by atoms with Gasteiger partial charge in [0.25, 0.3) is 0 Å². The number of hydrogen-bond acceptors (Lipinski definition) is 2. The van der Waals surface area contributed by atoms with Crippen LogP contribution in [-0.4, -0.2) is 0 Å². The van der Waals surface area contributed by atoms with E-state index in [9.17, 15) is 8.78 Å². The molecule has 0 radical (unpaired) electrons. The number of rotatable bonds is 5. The molecule has 3 aromatic carbocycles. The van der Waals surface area contributed by atoms with E-state index < -0.39 is 11.6 Å². The Kier molecular flexibility index (Phi) is 4.87. The van der Waals surface area contributed by atoms with Gasteiger partial charge >= 0.3 is 0 Å². The minimum atomic E-state index is -0.486. The Bertz CT molecular complexity index is 834. The number of halogens is 2. The van der Waals surface area contributed by atoms with Crippen LogP contribution in [0.2, 0.25) is 0 Å². The van der Waals surface area contributed by atoms with Crippen molar-refractivity contribution < 1.29 is 13.5 Å². The molecule has 122 valence electrons. The second kappa shape index (κ2) is 7.23. The van der Waals surface area contributed by atoms with Crippen LogP contribution in [0.15, 0.2) is 66.7 Å². The second-order valence-corrected chi connectivity index (χ2v) is 5.40. The van der Waals surface area contributed by atoms with Gasteiger partial charge in [-0.25, -0.2) is 8.78 Å². The molecule has 0 aromatic heterocycles. The fourth-order valence-corrected chi connectivity index (χ4v) is 2.50. The molecule has 0 saturated heterocycles. The summed E-state index contributed by atoms with van der Waals surface area (Å²) >= 11 is 0. The molecule has 0 spiro atoms. The zero-order valence-electron chi connectivity index (χ0n) is 13.0. The highest BCUT2D eigenvalue weighted by molar-refractivity contribution is 5.66. The summed E-state index contributed by atoms with van der Waals surface area (Å²) in [6.45, 7) is 0.341. The van der Waals surface area contributed by atoms with Gasteiger partial charge in [-0.15, -0.1) is 0 Å². The van der Waals surface area contributed by atoms with E-state index in [4.69, 9.17) is 10.5 Å². The number of benzene rings is 3. The van der Waals surface area contributed by atoms with Crippen LogP contribution in [-0.2, 0) is 13.2 Å². The summed E-state index contributed by atoms with van der Waals surface area (Å²) in [7, 11) is 0. The van der Waals surface area contributed by atoms with Gasteiger partial charge in [-0.1, -0.05) is 42.5 Å². The van der Waals surface area contributed by atoms with Crippen LogP contribution >= 0.6 is 0 Å². The molecule has 0 aliphatic carbocycles. The first kappa shape index (κ1) is 16.1. The molecule has 2 N–H and O–H groups in total. The van der Waals surface area contributed by atoms with E-state index in [1.165, 1.54) is 6.07 Å². The third kappa shape index (κ3) is 3.44. The Morgan fingerprint density at radius 2 is 1.62 bits per heavy atom. The van der Waals surface area contributed by atoms with Crippen molar-refractivity contribution >= 4 is 0 Å². The Morgan fingerprint density at radius 3 is 2.38 bits per heavy atom. The van der Waals surface area contributed by atoms with E-state index in [2.05, 4.69) is 0 Å². The van der Waals surface area contributed by atoms with Crippen molar-refractivity contribution in [3.8, 4) is 16.9 Å². The van der Waals surface area contributed by atoms with E-state index in [-0.39, 0.29) is 24.3 Å². The van der Waals surface area contributed by atoms with Gasteiger partial charge in [0.2, 0.25) is 0 Å². The molecule has 0 atom stereocenters. The molecule has 0 unspecified atom stereocenters. The summed E-state index contributed by atoms with van der Waals surface area (Å²) in [6, 6.07) is 18.7. The van der Waals surface area contributed by atoms with Crippen molar-refractivity contribution in [2.75, 3.05) is 0 Å². The molecule has 2 nitrogen and oxygen atoms in total. The van der Waals surface area contributed by atoms with Crippen molar-refractivity contribution in [3.63, 3.8) is 0 Å². The first-order valence-electron chi connectivity index (χ1n) is 7.63. The minimum Gasteiger partial charge on any atom is -0.489 e. The minimum absolute atomic E-state index is 0.0676. The normalized spacial score (nSPS) is 10.6. The van der Waals surface area contributed by atoms with Gasteiger partial charge in [-0.2, -0.15) is 0 Å². The van der Waals surface area contributed by atoms with E-state index in [0.717, 1.165) is 11.3 Å². The van der Waals surface area contributed by atoms with Crippen molar-refractivity contribution in [1.29, 1.82) is 0 Å². The summed E-state index contributed by atoms with van der Waals surface area (Å²) in [5.74, 6) is -0.244. The van der Waals surface area contributed by atoms with Crippen LogP contribution in [0, 0.1) is 11.6 Å². The summed E-state index contributed by atoms with van der Waals surface area (Å²) in [5.41, 5.74) is 7.05. The second-order valence-electron chi connectivity index (χ2n) is 5.40. The highest BCUT2D eigenvalue weighted by Gasteiger charge is 2.13. The molecular weight excluding hydrogens is 308 g/mol. The summed E-state index contributed by atoms with van der Waals surface area (Å²) in [6.07, 6.45) is 0. The lowest BCUT2D eigenvalue weighted by Gasteiger charge is -2.11. The predicted octanol–water partition coefficient (Wildman–Crippen LogP) is 4.67. The van der Waals surface area contributed by atoms with Crippen molar-refractivity contribution in [2.45, 2.75) is 13.2 Å². The average Bonchev–Trinajstić information content (AvgIpc) is 2.62. The zero-order valence-corrected chi connectivity index (χ0v) is 13.0. The lowest BCUT2D eigenvalue weighted by molar-refractivity contribution is 0.306. The van der Waals surface area contributed by atoms with Crippen LogP contribution in [0.1, 0.15) is 11.1 Å². The molecule has 0 saturated carbocycles. The summed E-state index contributed by atoms with van der Waals surface area (Å²) in [5, 5.41) is 0. The van der Waals surface area contributed by atoms with Crippen molar-refractivity contribution in [3.05, 3.63) is 89.5 Å². The van der Waals surface area contributed by atoms with Gasteiger partial charge in [-0.3, -0.25) is 0 Å². The number of hydrogen-bond donors (Lipinski definition) is 1. The smallest absolute Gasteiger partial charge is 0.135 e. The lowest BCUT2D eigenvalue weighted by Crippen LogP contribution is -2.02.